The van der Waals surface area contributed by atoms with Crippen molar-refractivity contribution in [1.82, 2.24) is 15.1 Å². The van der Waals surface area contributed by atoms with Crippen LogP contribution in [0, 0.1) is 0 Å². The van der Waals surface area contributed by atoms with E-state index in [1.54, 1.807) is 4.90 Å². The van der Waals surface area contributed by atoms with Crippen LogP contribution >= 0.6 is 0 Å². The number of fused-ring (bicyclic) bond motifs is 1. The van der Waals surface area contributed by atoms with Crippen LogP contribution in [0.4, 0.5) is 4.79 Å². The summed E-state index contributed by atoms with van der Waals surface area (Å²) in [5.74, 6) is 1.50. The first-order chi connectivity index (χ1) is 12.2. The first-order valence-electron chi connectivity index (χ1n) is 8.89. The highest BCUT2D eigenvalue weighted by Gasteiger charge is 2.19. The number of amides is 2. The fourth-order valence-electron chi connectivity index (χ4n) is 3.11. The van der Waals surface area contributed by atoms with Gasteiger partial charge in [0.05, 0.1) is 13.2 Å². The lowest BCUT2D eigenvalue weighted by molar-refractivity contribution is 0.0346. The van der Waals surface area contributed by atoms with Crippen molar-refractivity contribution in [2.24, 2.45) is 0 Å². The van der Waals surface area contributed by atoms with E-state index in [0.717, 1.165) is 49.9 Å². The number of ether oxygens (including phenoxy) is 3. The van der Waals surface area contributed by atoms with Crippen molar-refractivity contribution >= 4 is 6.03 Å². The molecular weight excluding hydrogens is 322 g/mol. The summed E-state index contributed by atoms with van der Waals surface area (Å²) in [5, 5.41) is 3.10. The molecule has 0 aromatic heterocycles. The van der Waals surface area contributed by atoms with Crippen molar-refractivity contribution in [3.05, 3.63) is 23.8 Å². The van der Waals surface area contributed by atoms with Crippen LogP contribution < -0.4 is 14.8 Å². The number of nitrogens with zero attached hydrogens (tertiary/aromatic N) is 2. The molecule has 1 atom stereocenters. The monoisotopic (exact) mass is 349 g/mol. The van der Waals surface area contributed by atoms with Crippen molar-refractivity contribution < 1.29 is 19.0 Å². The molecular formula is C18H27N3O4. The Morgan fingerprint density at radius 1 is 1.28 bits per heavy atom. The van der Waals surface area contributed by atoms with Gasteiger partial charge in [-0.25, -0.2) is 4.79 Å². The van der Waals surface area contributed by atoms with E-state index in [2.05, 4.69) is 10.2 Å². The van der Waals surface area contributed by atoms with Crippen LogP contribution in [-0.2, 0) is 11.3 Å². The van der Waals surface area contributed by atoms with Gasteiger partial charge in [-0.2, -0.15) is 0 Å². The molecule has 2 aliphatic heterocycles. The van der Waals surface area contributed by atoms with Crippen molar-refractivity contribution in [2.45, 2.75) is 26.4 Å². The van der Waals surface area contributed by atoms with Crippen LogP contribution in [0.3, 0.4) is 0 Å². The third kappa shape index (κ3) is 4.76. The minimum atomic E-state index is -0.0408. The van der Waals surface area contributed by atoms with Gasteiger partial charge in [-0.05, 0) is 31.5 Å². The summed E-state index contributed by atoms with van der Waals surface area (Å²) >= 11 is 0. The van der Waals surface area contributed by atoms with Gasteiger partial charge in [0, 0.05) is 38.8 Å². The smallest absolute Gasteiger partial charge is 0.317 e. The first-order valence-corrected chi connectivity index (χ1v) is 8.89. The molecule has 0 radical (unpaired) electrons. The fraction of sp³-hybridized carbons (Fsp3) is 0.611. The molecule has 138 valence electrons. The van der Waals surface area contributed by atoms with Gasteiger partial charge in [0.15, 0.2) is 11.5 Å². The van der Waals surface area contributed by atoms with E-state index in [1.807, 2.05) is 32.0 Å². The van der Waals surface area contributed by atoms with Crippen LogP contribution in [-0.4, -0.2) is 68.1 Å². The number of hydrogen-bond acceptors (Lipinski definition) is 5. The van der Waals surface area contributed by atoms with Gasteiger partial charge < -0.3 is 24.4 Å². The number of nitrogens with one attached hydrogen (secondary N) is 1. The third-order valence-electron chi connectivity index (χ3n) is 4.48. The highest BCUT2D eigenvalue weighted by molar-refractivity contribution is 5.74. The standard InChI is InChI=1S/C18H27N3O4/c1-3-21(12-15-4-5-16-17(10-15)25-13-24-16)18(22)19-14(2)11-20-6-8-23-9-7-20/h4-5,10,14H,3,6-9,11-13H2,1-2H3,(H,19,22)/t14-/m1/s1. The maximum Gasteiger partial charge on any atom is 0.317 e. The van der Waals surface area contributed by atoms with Crippen molar-refractivity contribution in [3.63, 3.8) is 0 Å². The van der Waals surface area contributed by atoms with E-state index < -0.39 is 0 Å². The highest BCUT2D eigenvalue weighted by atomic mass is 16.7. The largest absolute Gasteiger partial charge is 0.454 e. The average Bonchev–Trinajstić information content (AvgIpc) is 3.08. The Hall–Kier alpha value is -1.99. The molecule has 1 N–H and O–H groups in total. The lowest BCUT2D eigenvalue weighted by Gasteiger charge is -2.30. The van der Waals surface area contributed by atoms with Gasteiger partial charge in [0.2, 0.25) is 6.79 Å². The molecule has 1 aromatic rings. The van der Waals surface area contributed by atoms with E-state index in [-0.39, 0.29) is 18.9 Å². The summed E-state index contributed by atoms with van der Waals surface area (Å²) in [7, 11) is 0. The second kappa shape index (κ2) is 8.40. The SMILES string of the molecule is CCN(Cc1ccc2c(c1)OCO2)C(=O)N[C@H](C)CN1CCOCC1. The fourth-order valence-corrected chi connectivity index (χ4v) is 3.11. The summed E-state index contributed by atoms with van der Waals surface area (Å²) in [6, 6.07) is 5.86. The molecule has 7 nitrogen and oxygen atoms in total. The summed E-state index contributed by atoms with van der Waals surface area (Å²) in [4.78, 5) is 16.7. The Kier molecular flexibility index (Phi) is 5.99. The molecule has 0 saturated carbocycles. The molecule has 7 heteroatoms. The maximum absolute atomic E-state index is 12.6. The second-order valence-electron chi connectivity index (χ2n) is 6.47. The van der Waals surface area contributed by atoms with E-state index in [4.69, 9.17) is 14.2 Å². The first kappa shape index (κ1) is 17.8. The van der Waals surface area contributed by atoms with E-state index >= 15 is 0 Å². The zero-order valence-electron chi connectivity index (χ0n) is 15.0. The molecule has 3 rings (SSSR count). The van der Waals surface area contributed by atoms with E-state index in [9.17, 15) is 4.79 Å². The quantitative estimate of drug-likeness (QED) is 0.846. The Bertz CT molecular complexity index is 590. The molecule has 0 unspecified atom stereocenters. The molecule has 0 bridgehead atoms. The van der Waals surface area contributed by atoms with Gasteiger partial charge in [0.25, 0.3) is 0 Å². The van der Waals surface area contributed by atoms with Gasteiger partial charge in [-0.3, -0.25) is 4.90 Å². The highest BCUT2D eigenvalue weighted by Crippen LogP contribution is 2.32. The lowest BCUT2D eigenvalue weighted by Crippen LogP contribution is -2.49. The molecule has 1 aromatic carbocycles. The third-order valence-corrected chi connectivity index (χ3v) is 4.48. The predicted molar refractivity (Wildman–Crippen MR) is 93.9 cm³/mol. The number of carbonyl (C=O) groups excluding carboxylic acids is 1. The Morgan fingerprint density at radius 2 is 2.04 bits per heavy atom. The van der Waals surface area contributed by atoms with E-state index in [0.29, 0.717) is 13.1 Å². The molecule has 0 spiro atoms. The molecule has 1 fully saturated rings. The Labute approximate surface area is 148 Å². The topological polar surface area (TPSA) is 63.3 Å². The molecule has 2 aliphatic rings. The number of benzene rings is 1. The number of rotatable bonds is 6. The minimum Gasteiger partial charge on any atom is -0.454 e. The normalized spacial score (nSPS) is 18.0. The molecule has 2 heterocycles. The van der Waals surface area contributed by atoms with Gasteiger partial charge in [-0.1, -0.05) is 6.07 Å². The second-order valence-corrected chi connectivity index (χ2v) is 6.47. The van der Waals surface area contributed by atoms with E-state index in [1.165, 1.54) is 0 Å². The zero-order chi connectivity index (χ0) is 17.6. The van der Waals surface area contributed by atoms with Gasteiger partial charge >= 0.3 is 6.03 Å². The van der Waals surface area contributed by atoms with Crippen molar-refractivity contribution in [2.75, 3.05) is 46.2 Å². The lowest BCUT2D eigenvalue weighted by atomic mass is 10.2. The summed E-state index contributed by atoms with van der Waals surface area (Å²) < 4.78 is 16.1. The molecule has 0 aliphatic carbocycles. The Balaban J connectivity index is 1.52. The number of carbonyl (C=O) groups is 1. The van der Waals surface area contributed by atoms with Gasteiger partial charge in [-0.15, -0.1) is 0 Å². The zero-order valence-corrected chi connectivity index (χ0v) is 15.0. The molecule has 25 heavy (non-hydrogen) atoms. The summed E-state index contributed by atoms with van der Waals surface area (Å²) in [5.41, 5.74) is 1.03. The number of hydrogen-bond donors (Lipinski definition) is 1. The minimum absolute atomic E-state index is 0.0408. The maximum atomic E-state index is 12.6. The molecule has 1 saturated heterocycles. The van der Waals surface area contributed by atoms with Gasteiger partial charge in [0.1, 0.15) is 0 Å². The average molecular weight is 349 g/mol. The number of urea groups is 1. The molecule has 2 amide bonds. The summed E-state index contributed by atoms with van der Waals surface area (Å²) in [6.45, 7) is 9.71. The van der Waals surface area contributed by atoms with Crippen molar-refractivity contribution in [3.8, 4) is 11.5 Å². The predicted octanol–water partition coefficient (Wildman–Crippen LogP) is 1.67. The van der Waals surface area contributed by atoms with Crippen LogP contribution in [0.5, 0.6) is 11.5 Å². The number of morpholine rings is 1. The van der Waals surface area contributed by atoms with Crippen molar-refractivity contribution in [1.29, 1.82) is 0 Å². The van der Waals surface area contributed by atoms with Crippen LogP contribution in [0.2, 0.25) is 0 Å². The summed E-state index contributed by atoms with van der Waals surface area (Å²) in [6.07, 6.45) is 0. The van der Waals surface area contributed by atoms with Crippen LogP contribution in [0.1, 0.15) is 19.4 Å². The van der Waals surface area contributed by atoms with Crippen LogP contribution in [0.15, 0.2) is 18.2 Å². The van der Waals surface area contributed by atoms with Crippen LogP contribution in [0.25, 0.3) is 0 Å². The Morgan fingerprint density at radius 3 is 2.80 bits per heavy atom.